The minimum atomic E-state index is -0.263. The average Bonchev–Trinajstić information content (AvgIpc) is 2.64. The topological polar surface area (TPSA) is 32.3 Å². The lowest BCUT2D eigenvalue weighted by Gasteiger charge is -2.47. The molecule has 0 saturated carbocycles. The average molecular weight is 308 g/mol. The first-order valence-electron chi connectivity index (χ1n) is 8.42. The Morgan fingerprint density at radius 1 is 1.00 bits per heavy atom. The molecule has 0 aromatic heterocycles. The number of rotatable bonds is 4. The molecule has 0 spiro atoms. The van der Waals surface area contributed by atoms with Crippen LogP contribution in [0.25, 0.3) is 0 Å². The minimum Gasteiger partial charge on any atom is -0.317 e. The van der Waals surface area contributed by atoms with Gasteiger partial charge in [0, 0.05) is 12.1 Å². The smallest absolute Gasteiger partial charge is 0.227 e. The first-order valence-corrected chi connectivity index (χ1v) is 8.42. The SMILES string of the molecule is CCC(=O)N(c1ccccc1)C1(c2ccccc2)CCNCC1. The molecule has 3 rings (SSSR count). The predicted octanol–water partition coefficient (Wildman–Crippen LogP) is 3.71. The summed E-state index contributed by atoms with van der Waals surface area (Å²) in [5, 5.41) is 3.43. The molecule has 1 N–H and O–H groups in total. The number of anilines is 1. The highest BCUT2D eigenvalue weighted by Gasteiger charge is 2.42. The molecule has 0 radical (unpaired) electrons. The van der Waals surface area contributed by atoms with Crippen LogP contribution in [0, 0.1) is 0 Å². The van der Waals surface area contributed by atoms with Crippen LogP contribution >= 0.6 is 0 Å². The van der Waals surface area contributed by atoms with Gasteiger partial charge in [0.05, 0.1) is 5.54 Å². The number of piperidine rings is 1. The second kappa shape index (κ2) is 6.97. The van der Waals surface area contributed by atoms with E-state index in [0.717, 1.165) is 31.6 Å². The van der Waals surface area contributed by atoms with Crippen molar-refractivity contribution in [3.05, 3.63) is 66.2 Å². The second-order valence-corrected chi connectivity index (χ2v) is 6.07. The first-order chi connectivity index (χ1) is 11.3. The third-order valence-corrected chi connectivity index (χ3v) is 4.74. The first kappa shape index (κ1) is 15.8. The van der Waals surface area contributed by atoms with Crippen molar-refractivity contribution in [3.8, 4) is 0 Å². The minimum absolute atomic E-state index is 0.182. The summed E-state index contributed by atoms with van der Waals surface area (Å²) in [7, 11) is 0. The Labute approximate surface area is 138 Å². The van der Waals surface area contributed by atoms with Gasteiger partial charge in [-0.05, 0) is 43.6 Å². The van der Waals surface area contributed by atoms with Crippen LogP contribution in [0.1, 0.15) is 31.7 Å². The van der Waals surface area contributed by atoms with Gasteiger partial charge in [-0.1, -0.05) is 55.5 Å². The van der Waals surface area contributed by atoms with Crippen LogP contribution in [0.4, 0.5) is 5.69 Å². The fourth-order valence-electron chi connectivity index (χ4n) is 3.60. The zero-order valence-electron chi connectivity index (χ0n) is 13.7. The van der Waals surface area contributed by atoms with Crippen LogP contribution in [0.5, 0.6) is 0 Å². The van der Waals surface area contributed by atoms with Gasteiger partial charge in [-0.3, -0.25) is 4.79 Å². The fraction of sp³-hybridized carbons (Fsp3) is 0.350. The van der Waals surface area contributed by atoms with Gasteiger partial charge in [-0.15, -0.1) is 0 Å². The summed E-state index contributed by atoms with van der Waals surface area (Å²) in [5.41, 5.74) is 1.96. The summed E-state index contributed by atoms with van der Waals surface area (Å²) < 4.78 is 0. The molecule has 0 bridgehead atoms. The number of hydrogen-bond acceptors (Lipinski definition) is 2. The number of hydrogen-bond donors (Lipinski definition) is 1. The van der Waals surface area contributed by atoms with E-state index in [9.17, 15) is 4.79 Å². The highest BCUT2D eigenvalue weighted by Crippen LogP contribution is 2.40. The van der Waals surface area contributed by atoms with Gasteiger partial charge >= 0.3 is 0 Å². The van der Waals surface area contributed by atoms with Crippen molar-refractivity contribution >= 4 is 11.6 Å². The molecular weight excluding hydrogens is 284 g/mol. The Hall–Kier alpha value is -2.13. The monoisotopic (exact) mass is 308 g/mol. The third kappa shape index (κ3) is 3.02. The van der Waals surface area contributed by atoms with Crippen molar-refractivity contribution in [2.24, 2.45) is 0 Å². The third-order valence-electron chi connectivity index (χ3n) is 4.74. The zero-order chi connectivity index (χ0) is 16.1. The molecule has 1 saturated heterocycles. The summed E-state index contributed by atoms with van der Waals surface area (Å²) in [6, 6.07) is 20.6. The van der Waals surface area contributed by atoms with E-state index in [1.165, 1.54) is 5.56 Å². The number of nitrogens with one attached hydrogen (secondary N) is 1. The lowest BCUT2D eigenvalue weighted by atomic mass is 9.79. The number of carbonyl (C=O) groups excluding carboxylic acids is 1. The van der Waals surface area contributed by atoms with Crippen molar-refractivity contribution in [1.82, 2.24) is 5.32 Å². The molecule has 1 fully saturated rings. The maximum atomic E-state index is 12.9. The van der Waals surface area contributed by atoms with Crippen LogP contribution in [-0.4, -0.2) is 19.0 Å². The Bertz CT molecular complexity index is 633. The highest BCUT2D eigenvalue weighted by atomic mass is 16.2. The molecule has 1 amide bonds. The normalized spacial score (nSPS) is 16.7. The summed E-state index contributed by atoms with van der Waals surface area (Å²) in [4.78, 5) is 14.9. The summed E-state index contributed by atoms with van der Waals surface area (Å²) in [6.07, 6.45) is 2.37. The molecule has 3 heteroatoms. The maximum Gasteiger partial charge on any atom is 0.227 e. The van der Waals surface area contributed by atoms with Crippen molar-refractivity contribution in [2.45, 2.75) is 31.7 Å². The number of para-hydroxylation sites is 1. The maximum absolute atomic E-state index is 12.9. The quantitative estimate of drug-likeness (QED) is 0.934. The van der Waals surface area contributed by atoms with Crippen LogP contribution in [-0.2, 0) is 10.3 Å². The van der Waals surface area contributed by atoms with Crippen molar-refractivity contribution in [1.29, 1.82) is 0 Å². The van der Waals surface area contributed by atoms with E-state index >= 15 is 0 Å². The van der Waals surface area contributed by atoms with Gasteiger partial charge in [-0.25, -0.2) is 0 Å². The van der Waals surface area contributed by atoms with E-state index in [1.54, 1.807) is 0 Å². The van der Waals surface area contributed by atoms with Gasteiger partial charge < -0.3 is 10.2 Å². The van der Waals surface area contributed by atoms with Crippen LogP contribution in [0.3, 0.4) is 0 Å². The molecule has 23 heavy (non-hydrogen) atoms. The van der Waals surface area contributed by atoms with Crippen molar-refractivity contribution in [3.63, 3.8) is 0 Å². The molecule has 2 aromatic rings. The number of nitrogens with zero attached hydrogens (tertiary/aromatic N) is 1. The standard InChI is InChI=1S/C20H24N2O/c1-2-19(23)22(18-11-7-4-8-12-18)20(13-15-21-16-14-20)17-9-5-3-6-10-17/h3-12,21H,2,13-16H2,1H3. The van der Waals surface area contributed by atoms with Gasteiger partial charge in [0.1, 0.15) is 0 Å². The Kier molecular flexibility index (Phi) is 4.77. The summed E-state index contributed by atoms with van der Waals surface area (Å²) >= 11 is 0. The summed E-state index contributed by atoms with van der Waals surface area (Å²) in [5.74, 6) is 0.182. The second-order valence-electron chi connectivity index (χ2n) is 6.07. The molecule has 2 aromatic carbocycles. The van der Waals surface area contributed by atoms with Crippen LogP contribution in [0.2, 0.25) is 0 Å². The van der Waals surface area contributed by atoms with Gasteiger partial charge in [0.15, 0.2) is 0 Å². The molecule has 120 valence electrons. The Morgan fingerprint density at radius 3 is 2.13 bits per heavy atom. The van der Waals surface area contributed by atoms with E-state index in [-0.39, 0.29) is 11.4 Å². The number of amides is 1. The van der Waals surface area contributed by atoms with Crippen LogP contribution < -0.4 is 10.2 Å². The molecular formula is C20H24N2O. The zero-order valence-corrected chi connectivity index (χ0v) is 13.7. The van der Waals surface area contributed by atoms with E-state index in [1.807, 2.05) is 48.2 Å². The molecule has 0 atom stereocenters. The lowest BCUT2D eigenvalue weighted by molar-refractivity contribution is -0.119. The predicted molar refractivity (Wildman–Crippen MR) is 94.4 cm³/mol. The van der Waals surface area contributed by atoms with Gasteiger partial charge in [0.25, 0.3) is 0 Å². The fourth-order valence-corrected chi connectivity index (χ4v) is 3.60. The van der Waals surface area contributed by atoms with Gasteiger partial charge in [-0.2, -0.15) is 0 Å². The molecule has 1 heterocycles. The highest BCUT2D eigenvalue weighted by molar-refractivity contribution is 5.95. The van der Waals surface area contributed by atoms with E-state index in [0.29, 0.717) is 6.42 Å². The molecule has 0 unspecified atom stereocenters. The van der Waals surface area contributed by atoms with Gasteiger partial charge in [0.2, 0.25) is 5.91 Å². The number of benzene rings is 2. The Morgan fingerprint density at radius 2 is 1.57 bits per heavy atom. The lowest BCUT2D eigenvalue weighted by Crippen LogP contribution is -2.55. The molecule has 1 aliphatic heterocycles. The van der Waals surface area contributed by atoms with E-state index in [2.05, 4.69) is 29.6 Å². The number of carbonyl (C=O) groups is 1. The van der Waals surface area contributed by atoms with E-state index < -0.39 is 0 Å². The molecule has 1 aliphatic rings. The van der Waals surface area contributed by atoms with Crippen LogP contribution in [0.15, 0.2) is 60.7 Å². The molecule has 0 aliphatic carbocycles. The summed E-state index contributed by atoms with van der Waals surface area (Å²) in [6.45, 7) is 3.79. The Balaban J connectivity index is 2.14. The van der Waals surface area contributed by atoms with Crippen molar-refractivity contribution in [2.75, 3.05) is 18.0 Å². The molecule has 3 nitrogen and oxygen atoms in total. The van der Waals surface area contributed by atoms with E-state index in [4.69, 9.17) is 0 Å². The largest absolute Gasteiger partial charge is 0.317 e. The van der Waals surface area contributed by atoms with Crippen molar-refractivity contribution < 1.29 is 4.79 Å².